The fourth-order valence-corrected chi connectivity index (χ4v) is 1.33. The fraction of sp³-hybridized carbons (Fsp3) is 0.200. The molecule has 0 saturated carbocycles. The monoisotopic (exact) mass is 219 g/mol. The Bertz CT molecular complexity index is 554. The highest BCUT2D eigenvalue weighted by Crippen LogP contribution is 2.19. The molecule has 1 aromatic heterocycles. The first-order valence-corrected chi connectivity index (χ1v) is 4.67. The fourth-order valence-electron chi connectivity index (χ4n) is 1.33. The lowest BCUT2D eigenvalue weighted by atomic mass is 10.2. The van der Waals surface area contributed by atoms with Crippen LogP contribution in [0.15, 0.2) is 24.4 Å². The summed E-state index contributed by atoms with van der Waals surface area (Å²) in [5.74, 6) is 0. The summed E-state index contributed by atoms with van der Waals surface area (Å²) in [4.78, 5) is 18.2. The molecule has 0 saturated heterocycles. The lowest BCUT2D eigenvalue weighted by molar-refractivity contribution is -0.384. The van der Waals surface area contributed by atoms with Crippen LogP contribution < -0.4 is 0 Å². The van der Waals surface area contributed by atoms with E-state index in [1.54, 1.807) is 6.92 Å². The van der Waals surface area contributed by atoms with E-state index in [1.165, 1.54) is 24.4 Å². The van der Waals surface area contributed by atoms with Crippen molar-refractivity contribution < 1.29 is 10.0 Å². The Hall–Kier alpha value is -2.08. The Morgan fingerprint density at radius 2 is 2.19 bits per heavy atom. The minimum atomic E-state index is -0.702. The van der Waals surface area contributed by atoms with E-state index in [0.717, 1.165) is 0 Å². The number of hydrogen-bond donors (Lipinski definition) is 1. The van der Waals surface area contributed by atoms with Crippen LogP contribution in [0.3, 0.4) is 0 Å². The number of aliphatic hydroxyl groups excluding tert-OH is 1. The molecule has 1 atom stereocenters. The van der Waals surface area contributed by atoms with Gasteiger partial charge >= 0.3 is 0 Å². The minimum absolute atomic E-state index is 0.0217. The van der Waals surface area contributed by atoms with Crippen molar-refractivity contribution in [1.29, 1.82) is 0 Å². The Morgan fingerprint density at radius 3 is 2.81 bits per heavy atom. The van der Waals surface area contributed by atoms with Crippen molar-refractivity contribution in [3.8, 4) is 0 Å². The average molecular weight is 219 g/mol. The molecule has 0 bridgehead atoms. The molecule has 1 aromatic carbocycles. The first-order valence-electron chi connectivity index (χ1n) is 4.67. The molecular formula is C10H9N3O3. The maximum absolute atomic E-state index is 10.5. The Labute approximate surface area is 90.7 Å². The lowest BCUT2D eigenvalue weighted by Gasteiger charge is -2.03. The van der Waals surface area contributed by atoms with E-state index < -0.39 is 11.0 Å². The van der Waals surface area contributed by atoms with Gasteiger partial charge in [0, 0.05) is 12.1 Å². The summed E-state index contributed by atoms with van der Waals surface area (Å²) in [5, 5.41) is 19.9. The van der Waals surface area contributed by atoms with Gasteiger partial charge in [0.15, 0.2) is 0 Å². The zero-order valence-corrected chi connectivity index (χ0v) is 8.49. The third-order valence-corrected chi connectivity index (χ3v) is 2.18. The molecular weight excluding hydrogens is 210 g/mol. The predicted octanol–water partition coefficient (Wildman–Crippen LogP) is 1.59. The van der Waals surface area contributed by atoms with Crippen molar-refractivity contribution in [3.05, 3.63) is 40.2 Å². The highest BCUT2D eigenvalue weighted by molar-refractivity contribution is 5.76. The van der Waals surface area contributed by atoms with Gasteiger partial charge in [-0.15, -0.1) is 0 Å². The minimum Gasteiger partial charge on any atom is -0.387 e. The van der Waals surface area contributed by atoms with E-state index in [2.05, 4.69) is 9.97 Å². The number of rotatable bonds is 2. The van der Waals surface area contributed by atoms with Gasteiger partial charge < -0.3 is 5.11 Å². The molecule has 0 aliphatic carbocycles. The number of benzene rings is 1. The largest absolute Gasteiger partial charge is 0.387 e. The zero-order chi connectivity index (χ0) is 11.7. The van der Waals surface area contributed by atoms with Crippen LogP contribution in [-0.2, 0) is 0 Å². The summed E-state index contributed by atoms with van der Waals surface area (Å²) in [5.41, 5.74) is 1.40. The average Bonchev–Trinajstić information content (AvgIpc) is 2.27. The maximum atomic E-state index is 10.5. The van der Waals surface area contributed by atoms with Crippen molar-refractivity contribution in [2.75, 3.05) is 0 Å². The van der Waals surface area contributed by atoms with Crippen LogP contribution in [-0.4, -0.2) is 20.0 Å². The number of hydrogen-bond acceptors (Lipinski definition) is 5. The van der Waals surface area contributed by atoms with Gasteiger partial charge in [-0.25, -0.2) is 4.98 Å². The molecule has 0 radical (unpaired) electrons. The normalized spacial score (nSPS) is 12.6. The number of aliphatic hydroxyl groups is 1. The molecule has 2 aromatic rings. The standard InChI is InChI=1S/C10H9N3O3/c1-6(14)10-5-11-9-4-7(13(15)16)2-3-8(9)12-10/h2-6,14H,1H3. The Kier molecular flexibility index (Phi) is 2.49. The van der Waals surface area contributed by atoms with Crippen molar-refractivity contribution in [2.45, 2.75) is 13.0 Å². The molecule has 1 N–H and O–H groups in total. The van der Waals surface area contributed by atoms with E-state index in [4.69, 9.17) is 0 Å². The molecule has 1 heterocycles. The Balaban J connectivity index is 2.57. The molecule has 6 heteroatoms. The molecule has 0 aliphatic heterocycles. The third kappa shape index (κ3) is 1.82. The number of nitro benzene ring substituents is 1. The van der Waals surface area contributed by atoms with Gasteiger partial charge in [-0.2, -0.15) is 0 Å². The highest BCUT2D eigenvalue weighted by atomic mass is 16.6. The van der Waals surface area contributed by atoms with Crippen LogP contribution in [0, 0.1) is 10.1 Å². The van der Waals surface area contributed by atoms with E-state index in [0.29, 0.717) is 16.7 Å². The van der Waals surface area contributed by atoms with Crippen LogP contribution in [0.25, 0.3) is 11.0 Å². The molecule has 1 unspecified atom stereocenters. The number of fused-ring (bicyclic) bond motifs is 1. The number of nitrogens with zero attached hydrogens (tertiary/aromatic N) is 3. The van der Waals surface area contributed by atoms with Gasteiger partial charge in [0.1, 0.15) is 0 Å². The number of non-ortho nitro benzene ring substituents is 1. The number of nitro groups is 1. The summed E-state index contributed by atoms with van der Waals surface area (Å²) in [6, 6.07) is 4.24. The predicted molar refractivity (Wildman–Crippen MR) is 56.8 cm³/mol. The van der Waals surface area contributed by atoms with E-state index in [9.17, 15) is 15.2 Å². The zero-order valence-electron chi connectivity index (χ0n) is 8.49. The van der Waals surface area contributed by atoms with Gasteiger partial charge in [-0.3, -0.25) is 15.1 Å². The smallest absolute Gasteiger partial charge is 0.271 e. The summed E-state index contributed by atoms with van der Waals surface area (Å²) in [6.45, 7) is 1.58. The molecule has 82 valence electrons. The van der Waals surface area contributed by atoms with Gasteiger partial charge in [-0.05, 0) is 13.0 Å². The van der Waals surface area contributed by atoms with E-state index >= 15 is 0 Å². The van der Waals surface area contributed by atoms with Crippen LogP contribution in [0.1, 0.15) is 18.7 Å². The topological polar surface area (TPSA) is 89.2 Å². The molecule has 6 nitrogen and oxygen atoms in total. The van der Waals surface area contributed by atoms with E-state index in [1.807, 2.05) is 0 Å². The maximum Gasteiger partial charge on any atom is 0.271 e. The molecule has 2 rings (SSSR count). The second-order valence-corrected chi connectivity index (χ2v) is 3.40. The summed E-state index contributed by atoms with van der Waals surface area (Å²) in [7, 11) is 0. The van der Waals surface area contributed by atoms with Gasteiger partial charge in [0.25, 0.3) is 5.69 Å². The summed E-state index contributed by atoms with van der Waals surface area (Å²) in [6.07, 6.45) is 0.712. The second kappa shape index (κ2) is 3.82. The van der Waals surface area contributed by atoms with Crippen LogP contribution in [0.2, 0.25) is 0 Å². The summed E-state index contributed by atoms with van der Waals surface area (Å²) < 4.78 is 0. The molecule has 0 amide bonds. The molecule has 0 fully saturated rings. The summed E-state index contributed by atoms with van der Waals surface area (Å²) >= 11 is 0. The van der Waals surface area contributed by atoms with Crippen molar-refractivity contribution in [2.24, 2.45) is 0 Å². The quantitative estimate of drug-likeness (QED) is 0.611. The van der Waals surface area contributed by atoms with Crippen LogP contribution in [0.5, 0.6) is 0 Å². The number of aromatic nitrogens is 2. The van der Waals surface area contributed by atoms with Gasteiger partial charge in [0.05, 0.1) is 34.0 Å². The lowest BCUT2D eigenvalue weighted by Crippen LogP contribution is -1.97. The van der Waals surface area contributed by atoms with Crippen LogP contribution in [0.4, 0.5) is 5.69 Å². The van der Waals surface area contributed by atoms with Crippen molar-refractivity contribution in [1.82, 2.24) is 9.97 Å². The van der Waals surface area contributed by atoms with Gasteiger partial charge in [-0.1, -0.05) is 0 Å². The van der Waals surface area contributed by atoms with Gasteiger partial charge in [0.2, 0.25) is 0 Å². The van der Waals surface area contributed by atoms with Crippen LogP contribution >= 0.6 is 0 Å². The first kappa shape index (κ1) is 10.4. The van der Waals surface area contributed by atoms with Crippen molar-refractivity contribution in [3.63, 3.8) is 0 Å². The van der Waals surface area contributed by atoms with E-state index in [-0.39, 0.29) is 5.69 Å². The molecule has 0 aliphatic rings. The molecule has 16 heavy (non-hydrogen) atoms. The SMILES string of the molecule is CC(O)c1cnc2cc([N+](=O)[O-])ccc2n1. The highest BCUT2D eigenvalue weighted by Gasteiger charge is 2.09. The first-order chi connectivity index (χ1) is 7.58. The van der Waals surface area contributed by atoms with Crippen molar-refractivity contribution >= 4 is 16.7 Å². The second-order valence-electron chi connectivity index (χ2n) is 3.40. The Morgan fingerprint density at radius 1 is 1.44 bits per heavy atom. The molecule has 0 spiro atoms. The third-order valence-electron chi connectivity index (χ3n) is 2.18.